The fourth-order valence-corrected chi connectivity index (χ4v) is 1.73. The number of aliphatic hydroxyl groups is 1. The van der Waals surface area contributed by atoms with Gasteiger partial charge in [-0.15, -0.1) is 0 Å². The molecular weight excluding hydrogens is 254 g/mol. The van der Waals surface area contributed by atoms with Crippen molar-refractivity contribution in [2.75, 3.05) is 25.5 Å². The number of benzene rings is 1. The van der Waals surface area contributed by atoms with E-state index in [-0.39, 0.29) is 18.1 Å². The van der Waals surface area contributed by atoms with Crippen LogP contribution in [0.3, 0.4) is 0 Å². The number of likely N-dealkylation sites (N-methyl/N-ethyl adjacent to an activating group) is 1. The third-order valence-corrected chi connectivity index (χ3v) is 3.61. The number of hydrogen-bond donors (Lipinski definition) is 3. The largest absolute Gasteiger partial charge is 0.394 e. The van der Waals surface area contributed by atoms with Crippen LogP contribution in [-0.4, -0.2) is 41.7 Å². The maximum Gasteiger partial charge on any atom is 0.225 e. The number of nitrogens with zero attached hydrogens (tertiary/aromatic N) is 1. The number of para-hydroxylation sites is 1. The second-order valence-electron chi connectivity index (χ2n) is 5.55. The summed E-state index contributed by atoms with van der Waals surface area (Å²) in [6.07, 6.45) is 0.374. The maximum atomic E-state index is 12.0. The van der Waals surface area contributed by atoms with E-state index in [1.54, 1.807) is 0 Å². The van der Waals surface area contributed by atoms with Gasteiger partial charge >= 0.3 is 0 Å². The second kappa shape index (κ2) is 7.38. The summed E-state index contributed by atoms with van der Waals surface area (Å²) in [5.41, 5.74) is 7.00. The van der Waals surface area contributed by atoms with Crippen molar-refractivity contribution in [3.05, 3.63) is 29.8 Å². The van der Waals surface area contributed by atoms with E-state index in [2.05, 4.69) is 5.32 Å². The molecule has 0 atom stereocenters. The molecule has 20 heavy (non-hydrogen) atoms. The minimum Gasteiger partial charge on any atom is -0.394 e. The van der Waals surface area contributed by atoms with Crippen molar-refractivity contribution in [3.8, 4) is 0 Å². The molecule has 0 aliphatic rings. The zero-order valence-corrected chi connectivity index (χ0v) is 12.5. The molecule has 1 amide bonds. The van der Waals surface area contributed by atoms with E-state index in [9.17, 15) is 9.90 Å². The fourth-order valence-electron chi connectivity index (χ4n) is 1.73. The molecule has 0 aromatic heterocycles. The highest BCUT2D eigenvalue weighted by Crippen LogP contribution is 2.15. The van der Waals surface area contributed by atoms with Crippen molar-refractivity contribution < 1.29 is 9.90 Å². The van der Waals surface area contributed by atoms with E-state index in [0.29, 0.717) is 19.5 Å². The highest BCUT2D eigenvalue weighted by atomic mass is 16.3. The Labute approximate surface area is 120 Å². The standard InChI is InChI=1S/C15H25N3O2/c1-15(2,11-19)18(3)9-8-14(20)17-13-7-5-4-6-12(13)10-16/h4-7,19H,8-11,16H2,1-3H3,(H,17,20). The molecule has 0 aliphatic carbocycles. The first-order valence-corrected chi connectivity index (χ1v) is 6.80. The van der Waals surface area contributed by atoms with E-state index in [0.717, 1.165) is 11.3 Å². The first-order valence-electron chi connectivity index (χ1n) is 6.80. The molecule has 0 aliphatic heterocycles. The van der Waals surface area contributed by atoms with Gasteiger partial charge in [-0.2, -0.15) is 0 Å². The smallest absolute Gasteiger partial charge is 0.225 e. The van der Waals surface area contributed by atoms with Gasteiger partial charge in [0.05, 0.1) is 6.61 Å². The predicted octanol–water partition coefficient (Wildman–Crippen LogP) is 1.18. The highest BCUT2D eigenvalue weighted by Gasteiger charge is 2.22. The van der Waals surface area contributed by atoms with Crippen molar-refractivity contribution in [2.24, 2.45) is 5.73 Å². The van der Waals surface area contributed by atoms with Crippen molar-refractivity contribution in [1.82, 2.24) is 4.90 Å². The van der Waals surface area contributed by atoms with Crippen LogP contribution in [0.25, 0.3) is 0 Å². The van der Waals surface area contributed by atoms with E-state index in [1.807, 2.05) is 50.1 Å². The molecule has 0 spiro atoms. The Morgan fingerprint density at radius 1 is 1.40 bits per heavy atom. The Morgan fingerprint density at radius 2 is 2.05 bits per heavy atom. The Kier molecular flexibility index (Phi) is 6.13. The number of nitrogens with one attached hydrogen (secondary N) is 1. The van der Waals surface area contributed by atoms with Crippen LogP contribution >= 0.6 is 0 Å². The van der Waals surface area contributed by atoms with Gasteiger partial charge in [-0.25, -0.2) is 0 Å². The number of aliphatic hydroxyl groups excluding tert-OH is 1. The summed E-state index contributed by atoms with van der Waals surface area (Å²) in [6, 6.07) is 7.52. The first kappa shape index (κ1) is 16.6. The molecule has 4 N–H and O–H groups in total. The number of rotatable bonds is 7. The van der Waals surface area contributed by atoms with Crippen LogP contribution in [0.1, 0.15) is 25.8 Å². The lowest BCUT2D eigenvalue weighted by Crippen LogP contribution is -2.45. The average molecular weight is 279 g/mol. The lowest BCUT2D eigenvalue weighted by Gasteiger charge is -2.33. The van der Waals surface area contributed by atoms with Gasteiger partial charge in [0.25, 0.3) is 0 Å². The quantitative estimate of drug-likeness (QED) is 0.700. The lowest BCUT2D eigenvalue weighted by molar-refractivity contribution is -0.116. The SMILES string of the molecule is CN(CCC(=O)Nc1ccccc1CN)C(C)(C)CO. The predicted molar refractivity (Wildman–Crippen MR) is 81.4 cm³/mol. The van der Waals surface area contributed by atoms with Gasteiger partial charge in [0.15, 0.2) is 0 Å². The molecule has 0 radical (unpaired) electrons. The first-order chi connectivity index (χ1) is 9.40. The van der Waals surface area contributed by atoms with E-state index in [1.165, 1.54) is 0 Å². The van der Waals surface area contributed by atoms with Gasteiger partial charge in [0, 0.05) is 30.7 Å². The topological polar surface area (TPSA) is 78.6 Å². The number of nitrogens with two attached hydrogens (primary N) is 1. The van der Waals surface area contributed by atoms with Gasteiger partial charge in [-0.3, -0.25) is 9.69 Å². The van der Waals surface area contributed by atoms with Gasteiger partial charge < -0.3 is 16.2 Å². The zero-order valence-electron chi connectivity index (χ0n) is 12.5. The summed E-state index contributed by atoms with van der Waals surface area (Å²) in [7, 11) is 1.90. The molecule has 0 saturated carbocycles. The summed E-state index contributed by atoms with van der Waals surface area (Å²) in [5, 5.41) is 12.2. The number of carbonyl (C=O) groups excluding carboxylic acids is 1. The van der Waals surface area contributed by atoms with Gasteiger partial charge in [-0.05, 0) is 32.5 Å². The molecule has 112 valence electrons. The number of amides is 1. The van der Waals surface area contributed by atoms with Crippen LogP contribution in [-0.2, 0) is 11.3 Å². The molecule has 1 aromatic rings. The van der Waals surface area contributed by atoms with E-state index >= 15 is 0 Å². The Bertz CT molecular complexity index is 446. The van der Waals surface area contributed by atoms with Crippen LogP contribution in [0.5, 0.6) is 0 Å². The minimum atomic E-state index is -0.324. The molecule has 0 heterocycles. The summed E-state index contributed by atoms with van der Waals surface area (Å²) in [4.78, 5) is 13.9. The zero-order chi connectivity index (χ0) is 15.2. The molecule has 1 rings (SSSR count). The van der Waals surface area contributed by atoms with Crippen LogP contribution in [0.2, 0.25) is 0 Å². The third kappa shape index (κ3) is 4.59. The van der Waals surface area contributed by atoms with Gasteiger partial charge in [0.1, 0.15) is 0 Å². The van der Waals surface area contributed by atoms with Crippen molar-refractivity contribution in [3.63, 3.8) is 0 Å². The molecular formula is C15H25N3O2. The molecule has 0 fully saturated rings. The summed E-state index contributed by atoms with van der Waals surface area (Å²) >= 11 is 0. The van der Waals surface area contributed by atoms with Crippen LogP contribution in [0.4, 0.5) is 5.69 Å². The van der Waals surface area contributed by atoms with Gasteiger partial charge in [-0.1, -0.05) is 18.2 Å². The van der Waals surface area contributed by atoms with Crippen molar-refractivity contribution >= 4 is 11.6 Å². The summed E-state index contributed by atoms with van der Waals surface area (Å²) < 4.78 is 0. The van der Waals surface area contributed by atoms with E-state index in [4.69, 9.17) is 5.73 Å². The average Bonchev–Trinajstić information content (AvgIpc) is 2.45. The molecule has 0 unspecified atom stereocenters. The maximum absolute atomic E-state index is 12.0. The Morgan fingerprint density at radius 3 is 2.65 bits per heavy atom. The van der Waals surface area contributed by atoms with E-state index < -0.39 is 0 Å². The van der Waals surface area contributed by atoms with Crippen molar-refractivity contribution in [2.45, 2.75) is 32.4 Å². The highest BCUT2D eigenvalue weighted by molar-refractivity contribution is 5.91. The Balaban J connectivity index is 2.52. The molecule has 5 nitrogen and oxygen atoms in total. The number of carbonyl (C=O) groups is 1. The van der Waals surface area contributed by atoms with Crippen LogP contribution in [0, 0.1) is 0 Å². The van der Waals surface area contributed by atoms with Gasteiger partial charge in [0.2, 0.25) is 5.91 Å². The molecule has 1 aromatic carbocycles. The molecule has 0 saturated heterocycles. The molecule has 0 bridgehead atoms. The fraction of sp³-hybridized carbons (Fsp3) is 0.533. The summed E-state index contributed by atoms with van der Waals surface area (Å²) in [5.74, 6) is -0.0495. The lowest BCUT2D eigenvalue weighted by atomic mass is 10.1. The van der Waals surface area contributed by atoms with Crippen LogP contribution < -0.4 is 11.1 Å². The minimum absolute atomic E-state index is 0.0495. The second-order valence-corrected chi connectivity index (χ2v) is 5.55. The number of hydrogen-bond acceptors (Lipinski definition) is 4. The van der Waals surface area contributed by atoms with Crippen LogP contribution in [0.15, 0.2) is 24.3 Å². The Hall–Kier alpha value is -1.43. The number of anilines is 1. The van der Waals surface area contributed by atoms with Crippen molar-refractivity contribution in [1.29, 1.82) is 0 Å². The third-order valence-electron chi connectivity index (χ3n) is 3.61. The monoisotopic (exact) mass is 279 g/mol. The summed E-state index contributed by atoms with van der Waals surface area (Å²) in [6.45, 7) is 4.92. The molecule has 5 heteroatoms. The normalized spacial score (nSPS) is 11.7.